The van der Waals surface area contributed by atoms with Gasteiger partial charge in [0.15, 0.2) is 0 Å². The van der Waals surface area contributed by atoms with Crippen molar-refractivity contribution >= 4 is 40.3 Å². The van der Waals surface area contributed by atoms with Crippen molar-refractivity contribution in [2.24, 2.45) is 7.05 Å². The number of alkyl halides is 3. The third-order valence-corrected chi connectivity index (χ3v) is 6.74. The lowest BCUT2D eigenvalue weighted by molar-refractivity contribution is -0.137. The molecule has 39 heavy (non-hydrogen) atoms. The van der Waals surface area contributed by atoms with Gasteiger partial charge in [-0.25, -0.2) is 0 Å². The zero-order valence-electron chi connectivity index (χ0n) is 22.2. The fourth-order valence-electron chi connectivity index (χ4n) is 4.00. The van der Waals surface area contributed by atoms with Crippen LogP contribution in [0.5, 0.6) is 0 Å². The molecule has 0 saturated heterocycles. The molecule has 2 aromatic carbocycles. The number of halogens is 4. The normalized spacial score (nSPS) is 13.5. The smallest absolute Gasteiger partial charge is 0.382 e. The lowest BCUT2D eigenvalue weighted by atomic mass is 10.1. The Morgan fingerprint density at radius 1 is 1.18 bits per heavy atom. The molecule has 9 nitrogen and oxygen atoms in total. The van der Waals surface area contributed by atoms with E-state index >= 15 is 0 Å². The lowest BCUT2D eigenvalue weighted by Crippen LogP contribution is -2.36. The molecular formula is C26H30ClF3N8O. The van der Waals surface area contributed by atoms with Gasteiger partial charge in [-0.05, 0) is 57.8 Å². The van der Waals surface area contributed by atoms with Crippen molar-refractivity contribution in [2.45, 2.75) is 20.0 Å². The van der Waals surface area contributed by atoms with Crippen LogP contribution in [0.3, 0.4) is 0 Å². The Bertz CT molecular complexity index is 1420. The molecule has 1 aromatic heterocycles. The number of nitrogens with one attached hydrogen (secondary N) is 4. The third kappa shape index (κ3) is 6.29. The number of anilines is 3. The van der Waals surface area contributed by atoms with E-state index < -0.39 is 22.7 Å². The van der Waals surface area contributed by atoms with Crippen molar-refractivity contribution in [2.75, 3.05) is 42.8 Å². The Morgan fingerprint density at radius 2 is 1.92 bits per heavy atom. The zero-order valence-corrected chi connectivity index (χ0v) is 22.9. The van der Waals surface area contributed by atoms with Crippen LogP contribution in [0.15, 0.2) is 42.7 Å². The summed E-state index contributed by atoms with van der Waals surface area (Å²) < 4.78 is 42.9. The molecule has 13 heteroatoms. The van der Waals surface area contributed by atoms with Crippen LogP contribution in [-0.2, 0) is 13.2 Å². The van der Waals surface area contributed by atoms with E-state index in [1.54, 1.807) is 34.1 Å². The minimum absolute atomic E-state index is 0.0265. The van der Waals surface area contributed by atoms with Gasteiger partial charge >= 0.3 is 6.18 Å². The molecule has 4 rings (SSSR count). The Morgan fingerprint density at radius 3 is 2.56 bits per heavy atom. The Labute approximate surface area is 229 Å². The van der Waals surface area contributed by atoms with E-state index in [1.807, 2.05) is 46.1 Å². The van der Waals surface area contributed by atoms with E-state index in [0.29, 0.717) is 18.8 Å². The maximum Gasteiger partial charge on any atom is 0.417 e. The number of hydrazine groups is 2. The first-order chi connectivity index (χ1) is 18.3. The zero-order chi connectivity index (χ0) is 28.5. The number of aromatic nitrogens is 2. The number of amides is 1. The van der Waals surface area contributed by atoms with Crippen LogP contribution in [0.4, 0.5) is 30.2 Å². The van der Waals surface area contributed by atoms with E-state index in [2.05, 4.69) is 26.7 Å². The summed E-state index contributed by atoms with van der Waals surface area (Å²) in [6.07, 6.45) is -1.10. The molecule has 0 aliphatic carbocycles. The Hall–Kier alpha value is -3.74. The molecule has 0 fully saturated rings. The number of rotatable bonds is 8. The average Bonchev–Trinajstić information content (AvgIpc) is 3.47. The minimum atomic E-state index is -4.70. The first kappa shape index (κ1) is 28.3. The largest absolute Gasteiger partial charge is 0.417 e. The second-order valence-electron chi connectivity index (χ2n) is 9.49. The predicted molar refractivity (Wildman–Crippen MR) is 147 cm³/mol. The highest BCUT2D eigenvalue weighted by molar-refractivity contribution is 6.34. The van der Waals surface area contributed by atoms with Gasteiger partial charge in [0.2, 0.25) is 0 Å². The van der Waals surface area contributed by atoms with Gasteiger partial charge in [0, 0.05) is 48.8 Å². The fraction of sp³-hybridized carbons (Fsp3) is 0.308. The molecule has 0 bridgehead atoms. The van der Waals surface area contributed by atoms with Crippen LogP contribution in [0.25, 0.3) is 5.70 Å². The van der Waals surface area contributed by atoms with E-state index in [0.717, 1.165) is 28.6 Å². The number of aryl methyl sites for hydroxylation is 2. The molecular weight excluding hydrogens is 533 g/mol. The van der Waals surface area contributed by atoms with Crippen LogP contribution >= 0.6 is 11.6 Å². The molecule has 1 amide bonds. The van der Waals surface area contributed by atoms with Gasteiger partial charge in [0.05, 0.1) is 33.9 Å². The van der Waals surface area contributed by atoms with Crippen molar-refractivity contribution in [3.05, 3.63) is 75.7 Å². The highest BCUT2D eigenvalue weighted by Crippen LogP contribution is 2.40. The summed E-state index contributed by atoms with van der Waals surface area (Å²) in [6.45, 7) is 4.79. The Balaban J connectivity index is 1.59. The summed E-state index contributed by atoms with van der Waals surface area (Å²) in [5.74, 6) is -0.564. The highest BCUT2D eigenvalue weighted by Gasteiger charge is 2.35. The quantitative estimate of drug-likeness (QED) is 0.315. The van der Waals surface area contributed by atoms with Gasteiger partial charge in [-0.1, -0.05) is 17.7 Å². The van der Waals surface area contributed by atoms with Gasteiger partial charge < -0.3 is 21.0 Å². The summed E-state index contributed by atoms with van der Waals surface area (Å²) in [4.78, 5) is 15.0. The number of carbonyl (C=O) groups excluding carboxylic acids is 1. The topological polar surface area (TPSA) is 89.5 Å². The van der Waals surface area contributed by atoms with Gasteiger partial charge in [-0.2, -0.15) is 18.3 Å². The van der Waals surface area contributed by atoms with Crippen molar-refractivity contribution in [1.82, 2.24) is 25.6 Å². The van der Waals surface area contributed by atoms with Crippen LogP contribution in [0, 0.1) is 13.8 Å². The number of hydrogen-bond donors (Lipinski definition) is 4. The van der Waals surface area contributed by atoms with Gasteiger partial charge in [0.1, 0.15) is 0 Å². The molecule has 3 aromatic rings. The van der Waals surface area contributed by atoms with Crippen LogP contribution in [0.1, 0.15) is 32.7 Å². The minimum Gasteiger partial charge on any atom is -0.382 e. The number of nitrogens with zero attached hydrogens (tertiary/aromatic N) is 4. The summed E-state index contributed by atoms with van der Waals surface area (Å²) in [7, 11) is 5.55. The molecule has 0 unspecified atom stereocenters. The summed E-state index contributed by atoms with van der Waals surface area (Å²) in [6, 6.07) is 7.28. The first-order valence-corrected chi connectivity index (χ1v) is 12.5. The van der Waals surface area contributed by atoms with Crippen molar-refractivity contribution in [3.63, 3.8) is 0 Å². The number of likely N-dealkylation sites (N-methyl/N-ethyl adjacent to an activating group) is 1. The molecule has 0 atom stereocenters. The van der Waals surface area contributed by atoms with Crippen LogP contribution in [-0.4, -0.2) is 47.8 Å². The summed E-state index contributed by atoms with van der Waals surface area (Å²) in [5, 5.41) is 11.1. The lowest BCUT2D eigenvalue weighted by Gasteiger charge is -2.19. The van der Waals surface area contributed by atoms with Crippen LogP contribution in [0.2, 0.25) is 5.02 Å². The second kappa shape index (κ2) is 11.2. The standard InChI is InChI=1S/C26H30ClF3N8O/c1-15-6-7-17(10-23(15)38-14-22(34-35-38)19-13-32-37(5)16(19)2)25(39)33-18-11-20(26(28,29)30)24(27)21(12-18)31-8-9-36(3)4/h6-7,10-14,31,34-35H,8-9H2,1-5H3,(H,33,39). The van der Waals surface area contributed by atoms with E-state index in [-0.39, 0.29) is 16.9 Å². The van der Waals surface area contributed by atoms with E-state index in [9.17, 15) is 18.0 Å². The number of carbonyl (C=O) groups is 1. The van der Waals surface area contributed by atoms with E-state index in [4.69, 9.17) is 11.6 Å². The molecule has 1 aliphatic rings. The van der Waals surface area contributed by atoms with Crippen LogP contribution < -0.4 is 26.6 Å². The molecule has 2 heterocycles. The number of benzene rings is 2. The summed E-state index contributed by atoms with van der Waals surface area (Å²) in [5.41, 5.74) is 9.69. The van der Waals surface area contributed by atoms with Gasteiger partial charge in [-0.3, -0.25) is 14.5 Å². The SMILES string of the molecule is Cc1ccc(C(=O)Nc2cc(NCCN(C)C)c(Cl)c(C(F)(F)F)c2)cc1N1C=C(c2cnn(C)c2C)NN1. The Kier molecular flexibility index (Phi) is 8.09. The first-order valence-electron chi connectivity index (χ1n) is 12.1. The molecule has 0 saturated carbocycles. The predicted octanol–water partition coefficient (Wildman–Crippen LogP) is 4.76. The maximum atomic E-state index is 13.7. The molecule has 1 aliphatic heterocycles. The maximum absolute atomic E-state index is 13.7. The molecule has 0 spiro atoms. The van der Waals surface area contributed by atoms with Gasteiger partial charge in [0.25, 0.3) is 5.91 Å². The third-order valence-electron chi connectivity index (χ3n) is 6.34. The summed E-state index contributed by atoms with van der Waals surface area (Å²) >= 11 is 6.07. The molecule has 0 radical (unpaired) electrons. The fourth-order valence-corrected chi connectivity index (χ4v) is 4.29. The highest BCUT2D eigenvalue weighted by atomic mass is 35.5. The van der Waals surface area contributed by atoms with E-state index in [1.165, 1.54) is 6.07 Å². The van der Waals surface area contributed by atoms with Crippen molar-refractivity contribution in [1.29, 1.82) is 0 Å². The van der Waals surface area contributed by atoms with Crippen molar-refractivity contribution in [3.8, 4) is 0 Å². The second-order valence-corrected chi connectivity index (χ2v) is 9.86. The molecule has 208 valence electrons. The molecule has 4 N–H and O–H groups in total. The monoisotopic (exact) mass is 562 g/mol. The van der Waals surface area contributed by atoms with Gasteiger partial charge in [-0.15, -0.1) is 5.53 Å². The number of hydrogen-bond acceptors (Lipinski definition) is 7. The average molecular weight is 563 g/mol. The van der Waals surface area contributed by atoms with Crippen molar-refractivity contribution < 1.29 is 18.0 Å².